The number of aromatic nitrogens is 1. The third-order valence-corrected chi connectivity index (χ3v) is 3.28. The topological polar surface area (TPSA) is 65.5 Å². The van der Waals surface area contributed by atoms with E-state index in [4.69, 9.17) is 10.4 Å². The van der Waals surface area contributed by atoms with Crippen molar-refractivity contribution in [3.8, 4) is 17.3 Å². The van der Waals surface area contributed by atoms with Gasteiger partial charge in [-0.05, 0) is 35.9 Å². The van der Waals surface area contributed by atoms with Crippen LogP contribution >= 0.6 is 0 Å². The van der Waals surface area contributed by atoms with Crippen LogP contribution in [0.3, 0.4) is 0 Å². The lowest BCUT2D eigenvalue weighted by Gasteiger charge is -2.04. The summed E-state index contributed by atoms with van der Waals surface area (Å²) in [6, 6.07) is 12.8. The van der Waals surface area contributed by atoms with Gasteiger partial charge in [-0.3, -0.25) is 0 Å². The molecule has 0 atom stereocenters. The number of halogens is 1. The first-order valence-corrected chi connectivity index (χ1v) is 6.14. The fourth-order valence-electron chi connectivity index (χ4n) is 2.27. The van der Waals surface area contributed by atoms with E-state index < -0.39 is 11.8 Å². The van der Waals surface area contributed by atoms with Crippen LogP contribution in [-0.4, -0.2) is 15.5 Å². The lowest BCUT2D eigenvalue weighted by molar-refractivity contribution is 0.0697. The van der Waals surface area contributed by atoms with Crippen molar-refractivity contribution in [2.75, 3.05) is 0 Å². The molecule has 0 saturated carbocycles. The Kier molecular flexibility index (Phi) is 2.92. The highest BCUT2D eigenvalue weighted by molar-refractivity contribution is 5.88. The summed E-state index contributed by atoms with van der Waals surface area (Å²) in [5.41, 5.74) is 2.56. The number of aromatic carboxylic acids is 1. The first-order chi connectivity index (χ1) is 10.1. The van der Waals surface area contributed by atoms with Crippen molar-refractivity contribution in [2.24, 2.45) is 0 Å². The Bertz CT molecular complexity index is 889. The van der Waals surface area contributed by atoms with Gasteiger partial charge in [0.2, 0.25) is 0 Å². The van der Waals surface area contributed by atoms with E-state index in [0.717, 1.165) is 0 Å². The Morgan fingerprint density at radius 3 is 2.52 bits per heavy atom. The number of nitrogens with zero attached hydrogens (tertiary/aromatic N) is 2. The van der Waals surface area contributed by atoms with Crippen LogP contribution in [0.15, 0.2) is 48.7 Å². The van der Waals surface area contributed by atoms with Crippen LogP contribution in [0.4, 0.5) is 4.39 Å². The highest BCUT2D eigenvalue weighted by Crippen LogP contribution is 2.26. The molecule has 0 unspecified atom stereocenters. The molecule has 0 saturated heterocycles. The molecule has 2 aromatic heterocycles. The summed E-state index contributed by atoms with van der Waals surface area (Å²) in [6.45, 7) is 0. The minimum atomic E-state index is -1.01. The number of fused-ring (bicyclic) bond motifs is 1. The third-order valence-electron chi connectivity index (χ3n) is 3.28. The number of pyridine rings is 1. The maximum atomic E-state index is 13.4. The molecule has 0 spiro atoms. The van der Waals surface area contributed by atoms with Gasteiger partial charge in [0.05, 0.1) is 22.3 Å². The van der Waals surface area contributed by atoms with Gasteiger partial charge in [0, 0.05) is 6.20 Å². The molecule has 0 aliphatic carbocycles. The van der Waals surface area contributed by atoms with Crippen LogP contribution in [0.2, 0.25) is 0 Å². The SMILES string of the molecule is N#Cc1cc(-c2ccc(C(=O)O)cc2)n2cc(F)ccc12. The van der Waals surface area contributed by atoms with Crippen molar-refractivity contribution in [1.29, 1.82) is 5.26 Å². The van der Waals surface area contributed by atoms with E-state index >= 15 is 0 Å². The second kappa shape index (κ2) is 4.76. The van der Waals surface area contributed by atoms with Crippen LogP contribution in [0.5, 0.6) is 0 Å². The molecular weight excluding hydrogens is 271 g/mol. The lowest BCUT2D eigenvalue weighted by Crippen LogP contribution is -1.95. The maximum absolute atomic E-state index is 13.4. The molecule has 3 aromatic rings. The van der Waals surface area contributed by atoms with Crippen molar-refractivity contribution in [2.45, 2.75) is 0 Å². The van der Waals surface area contributed by atoms with Crippen molar-refractivity contribution in [3.63, 3.8) is 0 Å². The molecular formula is C16H9FN2O2. The maximum Gasteiger partial charge on any atom is 0.335 e. The summed E-state index contributed by atoms with van der Waals surface area (Å²) in [4.78, 5) is 10.9. The standard InChI is InChI=1S/C16H9FN2O2/c17-13-5-6-14-12(8-18)7-15(19(14)9-13)10-1-3-11(4-2-10)16(20)21/h1-7,9H,(H,20,21). The molecule has 21 heavy (non-hydrogen) atoms. The Balaban J connectivity index is 2.22. The van der Waals surface area contributed by atoms with E-state index in [0.29, 0.717) is 22.3 Å². The fraction of sp³-hybridized carbons (Fsp3) is 0. The van der Waals surface area contributed by atoms with Gasteiger partial charge in [0.1, 0.15) is 11.9 Å². The van der Waals surface area contributed by atoms with E-state index in [1.807, 2.05) is 0 Å². The van der Waals surface area contributed by atoms with Gasteiger partial charge < -0.3 is 9.51 Å². The minimum absolute atomic E-state index is 0.172. The summed E-state index contributed by atoms with van der Waals surface area (Å²) in [5, 5.41) is 18.0. The largest absolute Gasteiger partial charge is 0.478 e. The van der Waals surface area contributed by atoms with Crippen LogP contribution in [0, 0.1) is 17.1 Å². The Morgan fingerprint density at radius 1 is 1.19 bits per heavy atom. The zero-order valence-electron chi connectivity index (χ0n) is 10.7. The second-order valence-electron chi connectivity index (χ2n) is 4.54. The molecule has 2 heterocycles. The first kappa shape index (κ1) is 12.9. The number of nitriles is 1. The number of carbonyl (C=O) groups is 1. The van der Waals surface area contributed by atoms with Crippen molar-refractivity contribution < 1.29 is 14.3 Å². The third kappa shape index (κ3) is 2.13. The molecule has 3 rings (SSSR count). The van der Waals surface area contributed by atoms with Gasteiger partial charge in [-0.15, -0.1) is 0 Å². The van der Waals surface area contributed by atoms with E-state index in [2.05, 4.69) is 6.07 Å². The Labute approximate surface area is 119 Å². The summed E-state index contributed by atoms with van der Waals surface area (Å²) in [5.74, 6) is -1.42. The monoisotopic (exact) mass is 280 g/mol. The number of hydrogen-bond donors (Lipinski definition) is 1. The summed E-state index contributed by atoms with van der Waals surface area (Å²) in [7, 11) is 0. The molecule has 102 valence electrons. The number of carboxylic acids is 1. The Hall–Kier alpha value is -3.13. The van der Waals surface area contributed by atoms with Crippen molar-refractivity contribution in [3.05, 3.63) is 65.6 Å². The second-order valence-corrected chi connectivity index (χ2v) is 4.54. The van der Waals surface area contributed by atoms with E-state index in [1.165, 1.54) is 24.4 Å². The predicted molar refractivity (Wildman–Crippen MR) is 74.5 cm³/mol. The number of rotatable bonds is 2. The molecule has 1 N–H and O–H groups in total. The van der Waals surface area contributed by atoms with Gasteiger partial charge in [0.25, 0.3) is 0 Å². The Morgan fingerprint density at radius 2 is 1.90 bits per heavy atom. The molecule has 0 fully saturated rings. The van der Waals surface area contributed by atoms with Gasteiger partial charge in [-0.1, -0.05) is 12.1 Å². The summed E-state index contributed by atoms with van der Waals surface area (Å²) in [6.07, 6.45) is 1.30. The highest BCUT2D eigenvalue weighted by Gasteiger charge is 2.12. The minimum Gasteiger partial charge on any atom is -0.478 e. The molecule has 5 heteroatoms. The van der Waals surface area contributed by atoms with Gasteiger partial charge >= 0.3 is 5.97 Å². The van der Waals surface area contributed by atoms with Gasteiger partial charge in [-0.25, -0.2) is 9.18 Å². The average molecular weight is 280 g/mol. The van der Waals surface area contributed by atoms with E-state index in [1.54, 1.807) is 28.7 Å². The quantitative estimate of drug-likeness (QED) is 0.783. The molecule has 0 bridgehead atoms. The molecule has 1 aromatic carbocycles. The molecule has 4 nitrogen and oxygen atoms in total. The lowest BCUT2D eigenvalue weighted by atomic mass is 10.1. The number of benzene rings is 1. The van der Waals surface area contributed by atoms with Gasteiger partial charge in [-0.2, -0.15) is 5.26 Å². The predicted octanol–water partition coefficient (Wildman–Crippen LogP) is 3.32. The van der Waals surface area contributed by atoms with Crippen LogP contribution in [-0.2, 0) is 0 Å². The van der Waals surface area contributed by atoms with Crippen LogP contribution in [0.25, 0.3) is 16.8 Å². The number of hydrogen-bond acceptors (Lipinski definition) is 2. The molecule has 0 amide bonds. The first-order valence-electron chi connectivity index (χ1n) is 6.14. The smallest absolute Gasteiger partial charge is 0.335 e. The van der Waals surface area contributed by atoms with E-state index in [-0.39, 0.29) is 5.56 Å². The van der Waals surface area contributed by atoms with Gasteiger partial charge in [0.15, 0.2) is 0 Å². The zero-order valence-corrected chi connectivity index (χ0v) is 10.7. The zero-order chi connectivity index (χ0) is 15.0. The van der Waals surface area contributed by atoms with E-state index in [9.17, 15) is 9.18 Å². The molecule has 0 aliphatic heterocycles. The highest BCUT2D eigenvalue weighted by atomic mass is 19.1. The normalized spacial score (nSPS) is 10.5. The fourth-order valence-corrected chi connectivity index (χ4v) is 2.27. The average Bonchev–Trinajstić information content (AvgIpc) is 2.85. The van der Waals surface area contributed by atoms with Crippen molar-refractivity contribution >= 4 is 11.5 Å². The summed E-state index contributed by atoms with van der Waals surface area (Å²) >= 11 is 0. The van der Waals surface area contributed by atoms with Crippen LogP contribution in [0.1, 0.15) is 15.9 Å². The summed E-state index contributed by atoms with van der Waals surface area (Å²) < 4.78 is 15.0. The van der Waals surface area contributed by atoms with Crippen molar-refractivity contribution in [1.82, 2.24) is 4.40 Å². The molecule has 0 radical (unpaired) electrons. The number of carboxylic acid groups (broad SMARTS) is 1. The molecule has 0 aliphatic rings. The van der Waals surface area contributed by atoms with Crippen LogP contribution < -0.4 is 0 Å².